The molecule has 116 valence electrons. The third kappa shape index (κ3) is 5.69. The molecule has 0 aliphatic rings. The van der Waals surface area contributed by atoms with Gasteiger partial charge in [-0.3, -0.25) is 19.8 Å². The normalized spacial score (nSPS) is 11.1. The van der Waals surface area contributed by atoms with Crippen LogP contribution in [-0.2, 0) is 11.3 Å². The third-order valence-electron chi connectivity index (χ3n) is 3.18. The van der Waals surface area contributed by atoms with Gasteiger partial charge in [0, 0.05) is 35.7 Å². The number of rotatable bonds is 8. The monoisotopic (exact) mass is 314 g/mol. The molecule has 0 heterocycles. The van der Waals surface area contributed by atoms with E-state index in [-0.39, 0.29) is 18.2 Å². The number of aliphatic carboxylic acids is 1. The van der Waals surface area contributed by atoms with E-state index < -0.39 is 10.9 Å². The summed E-state index contributed by atoms with van der Waals surface area (Å²) in [5, 5.41) is 20.1. The smallest absolute Gasteiger partial charge is 0.303 e. The van der Waals surface area contributed by atoms with Crippen LogP contribution in [0.4, 0.5) is 5.69 Å². The summed E-state index contributed by atoms with van der Waals surface area (Å²) >= 11 is 5.80. The summed E-state index contributed by atoms with van der Waals surface area (Å²) in [6.07, 6.45) is 0.598. The van der Waals surface area contributed by atoms with Crippen LogP contribution >= 0.6 is 11.6 Å². The van der Waals surface area contributed by atoms with Crippen molar-refractivity contribution in [3.63, 3.8) is 0 Å². The molecule has 1 rings (SSSR count). The van der Waals surface area contributed by atoms with Gasteiger partial charge in [-0.15, -0.1) is 0 Å². The van der Waals surface area contributed by atoms with Crippen molar-refractivity contribution in [3.8, 4) is 0 Å². The van der Waals surface area contributed by atoms with Crippen LogP contribution in [0.2, 0.25) is 5.02 Å². The largest absolute Gasteiger partial charge is 0.481 e. The standard InChI is InChI=1S/C14H19ClN2O4/c1-10(2)16(7-3-4-14(18)19)9-11-5-6-12(15)8-13(11)17(20)21/h5-6,8,10H,3-4,7,9H2,1-2H3,(H,18,19). The molecule has 0 fully saturated rings. The minimum Gasteiger partial charge on any atom is -0.481 e. The molecule has 0 saturated heterocycles. The molecule has 21 heavy (non-hydrogen) atoms. The Bertz CT molecular complexity index is 520. The summed E-state index contributed by atoms with van der Waals surface area (Å²) in [4.78, 5) is 23.2. The Kier molecular flexibility index (Phi) is 6.58. The maximum Gasteiger partial charge on any atom is 0.303 e. The lowest BCUT2D eigenvalue weighted by Gasteiger charge is -2.26. The fourth-order valence-corrected chi connectivity index (χ4v) is 2.18. The molecule has 0 saturated carbocycles. The van der Waals surface area contributed by atoms with Gasteiger partial charge in [-0.2, -0.15) is 0 Å². The number of hydrogen-bond donors (Lipinski definition) is 1. The topological polar surface area (TPSA) is 83.7 Å². The molecule has 0 radical (unpaired) electrons. The van der Waals surface area contributed by atoms with Crippen molar-refractivity contribution < 1.29 is 14.8 Å². The molecule has 1 aromatic carbocycles. The quantitative estimate of drug-likeness (QED) is 0.587. The second-order valence-electron chi connectivity index (χ2n) is 5.09. The van der Waals surface area contributed by atoms with Gasteiger partial charge in [-0.05, 0) is 38.9 Å². The molecule has 0 amide bonds. The van der Waals surface area contributed by atoms with Gasteiger partial charge in [0.05, 0.1) is 4.92 Å². The molecule has 7 heteroatoms. The third-order valence-corrected chi connectivity index (χ3v) is 3.42. The predicted molar refractivity (Wildman–Crippen MR) is 80.5 cm³/mol. The number of carboxylic acid groups (broad SMARTS) is 1. The zero-order valence-electron chi connectivity index (χ0n) is 12.1. The Morgan fingerprint density at radius 2 is 2.14 bits per heavy atom. The highest BCUT2D eigenvalue weighted by Gasteiger charge is 2.18. The number of benzene rings is 1. The summed E-state index contributed by atoms with van der Waals surface area (Å²) in [5.41, 5.74) is 0.569. The Labute approximate surface area is 128 Å². The molecule has 0 atom stereocenters. The SMILES string of the molecule is CC(C)N(CCCC(=O)O)Cc1ccc(Cl)cc1[N+](=O)[O-]. The lowest BCUT2D eigenvalue weighted by molar-refractivity contribution is -0.385. The number of carboxylic acids is 1. The Morgan fingerprint density at radius 1 is 1.48 bits per heavy atom. The minimum atomic E-state index is -0.837. The van der Waals surface area contributed by atoms with Crippen LogP contribution in [0.1, 0.15) is 32.3 Å². The van der Waals surface area contributed by atoms with Crippen LogP contribution < -0.4 is 0 Å². The van der Waals surface area contributed by atoms with E-state index in [0.717, 1.165) is 0 Å². The van der Waals surface area contributed by atoms with Crippen molar-refractivity contribution in [2.45, 2.75) is 39.3 Å². The molecular formula is C14H19ClN2O4. The van der Waals surface area contributed by atoms with Crippen molar-refractivity contribution in [1.82, 2.24) is 4.90 Å². The molecule has 0 unspecified atom stereocenters. The van der Waals surface area contributed by atoms with Gasteiger partial charge in [-0.1, -0.05) is 11.6 Å². The van der Waals surface area contributed by atoms with Gasteiger partial charge in [0.1, 0.15) is 0 Å². The first kappa shape index (κ1) is 17.4. The average Bonchev–Trinajstić information content (AvgIpc) is 2.38. The van der Waals surface area contributed by atoms with E-state index in [9.17, 15) is 14.9 Å². The Morgan fingerprint density at radius 3 is 2.67 bits per heavy atom. The maximum absolute atomic E-state index is 11.1. The number of halogens is 1. The molecule has 1 N–H and O–H groups in total. The van der Waals surface area contributed by atoms with E-state index in [1.54, 1.807) is 12.1 Å². The second kappa shape index (κ2) is 7.95. The number of nitro benzene ring substituents is 1. The number of hydrogen-bond acceptors (Lipinski definition) is 4. The van der Waals surface area contributed by atoms with E-state index in [0.29, 0.717) is 30.1 Å². The Hall–Kier alpha value is -1.66. The van der Waals surface area contributed by atoms with Gasteiger partial charge >= 0.3 is 5.97 Å². The lowest BCUT2D eigenvalue weighted by atomic mass is 10.1. The molecule has 1 aromatic rings. The second-order valence-corrected chi connectivity index (χ2v) is 5.53. The molecule has 0 spiro atoms. The first-order valence-corrected chi connectivity index (χ1v) is 7.07. The predicted octanol–water partition coefficient (Wildman–Crippen LogP) is 3.32. The summed E-state index contributed by atoms with van der Waals surface area (Å²) < 4.78 is 0. The van der Waals surface area contributed by atoms with Crippen LogP contribution in [0, 0.1) is 10.1 Å². The summed E-state index contributed by atoms with van der Waals surface area (Å²) in [6.45, 7) is 4.92. The van der Waals surface area contributed by atoms with E-state index >= 15 is 0 Å². The van der Waals surface area contributed by atoms with Crippen molar-refractivity contribution in [2.75, 3.05) is 6.54 Å². The zero-order valence-corrected chi connectivity index (χ0v) is 12.8. The zero-order chi connectivity index (χ0) is 16.0. The number of carbonyl (C=O) groups is 1. The summed E-state index contributed by atoms with van der Waals surface area (Å²) in [7, 11) is 0. The van der Waals surface area contributed by atoms with Crippen LogP contribution in [0.3, 0.4) is 0 Å². The highest BCUT2D eigenvalue weighted by atomic mass is 35.5. The first-order valence-electron chi connectivity index (χ1n) is 6.70. The molecule has 0 aromatic heterocycles. The molecule has 0 aliphatic carbocycles. The van der Waals surface area contributed by atoms with Crippen molar-refractivity contribution >= 4 is 23.3 Å². The van der Waals surface area contributed by atoms with Crippen molar-refractivity contribution in [3.05, 3.63) is 38.9 Å². The van der Waals surface area contributed by atoms with E-state index in [4.69, 9.17) is 16.7 Å². The van der Waals surface area contributed by atoms with Crippen LogP contribution in [0.15, 0.2) is 18.2 Å². The van der Waals surface area contributed by atoms with Gasteiger partial charge in [0.25, 0.3) is 5.69 Å². The fraction of sp³-hybridized carbons (Fsp3) is 0.500. The Balaban J connectivity index is 2.84. The van der Waals surface area contributed by atoms with Crippen LogP contribution in [0.5, 0.6) is 0 Å². The van der Waals surface area contributed by atoms with E-state index in [1.807, 2.05) is 18.7 Å². The summed E-state index contributed by atoms with van der Waals surface area (Å²) in [6, 6.07) is 4.77. The van der Waals surface area contributed by atoms with E-state index in [2.05, 4.69) is 0 Å². The van der Waals surface area contributed by atoms with E-state index in [1.165, 1.54) is 6.07 Å². The van der Waals surface area contributed by atoms with Crippen LogP contribution in [-0.4, -0.2) is 33.5 Å². The molecule has 6 nitrogen and oxygen atoms in total. The summed E-state index contributed by atoms with van der Waals surface area (Å²) in [5.74, 6) is -0.837. The molecular weight excluding hydrogens is 296 g/mol. The average molecular weight is 315 g/mol. The van der Waals surface area contributed by atoms with Gasteiger partial charge in [-0.25, -0.2) is 0 Å². The molecule has 0 bridgehead atoms. The van der Waals surface area contributed by atoms with Crippen molar-refractivity contribution in [2.24, 2.45) is 0 Å². The highest BCUT2D eigenvalue weighted by molar-refractivity contribution is 6.30. The number of nitro groups is 1. The van der Waals surface area contributed by atoms with Crippen LogP contribution in [0.25, 0.3) is 0 Å². The lowest BCUT2D eigenvalue weighted by Crippen LogP contribution is -2.31. The highest BCUT2D eigenvalue weighted by Crippen LogP contribution is 2.25. The minimum absolute atomic E-state index is 0.00798. The van der Waals surface area contributed by atoms with Gasteiger partial charge < -0.3 is 5.11 Å². The van der Waals surface area contributed by atoms with Crippen molar-refractivity contribution in [1.29, 1.82) is 0 Å². The van der Waals surface area contributed by atoms with Gasteiger partial charge in [0.2, 0.25) is 0 Å². The molecule has 0 aliphatic heterocycles. The fourth-order valence-electron chi connectivity index (χ4n) is 2.01. The van der Waals surface area contributed by atoms with Gasteiger partial charge in [0.15, 0.2) is 0 Å². The maximum atomic E-state index is 11.1. The first-order chi connectivity index (χ1) is 9.81. The number of nitrogens with zero attached hydrogens (tertiary/aromatic N) is 2.